The molecule has 0 bridgehead atoms. The molecule has 0 radical (unpaired) electrons. The van der Waals surface area contributed by atoms with Crippen LogP contribution in [-0.4, -0.2) is 47.3 Å². The number of nitrogens with zero attached hydrogens (tertiary/aromatic N) is 2. The number of likely N-dealkylation sites (tertiary alicyclic amines) is 1. The van der Waals surface area contributed by atoms with E-state index in [0.29, 0.717) is 0 Å². The SMILES string of the molecule is c1ccc(OC2CCOC3(C2)CN(C2CCCC2)C3)nc1. The number of hydrogen-bond acceptors (Lipinski definition) is 4. The molecule has 0 amide bonds. The van der Waals surface area contributed by atoms with Gasteiger partial charge in [0, 0.05) is 44.2 Å². The van der Waals surface area contributed by atoms with Crippen LogP contribution in [0.25, 0.3) is 0 Å². The molecule has 0 aromatic carbocycles. The van der Waals surface area contributed by atoms with Gasteiger partial charge in [-0.2, -0.15) is 0 Å². The van der Waals surface area contributed by atoms with Gasteiger partial charge in [-0.3, -0.25) is 4.90 Å². The van der Waals surface area contributed by atoms with E-state index in [1.54, 1.807) is 6.20 Å². The molecule has 4 heteroatoms. The molecular weight excluding hydrogens is 264 g/mol. The Labute approximate surface area is 126 Å². The first-order valence-electron chi connectivity index (χ1n) is 8.29. The average Bonchev–Trinajstić information content (AvgIpc) is 3.00. The van der Waals surface area contributed by atoms with Crippen molar-refractivity contribution in [3.8, 4) is 5.88 Å². The van der Waals surface area contributed by atoms with Crippen LogP contribution in [-0.2, 0) is 4.74 Å². The maximum absolute atomic E-state index is 6.12. The van der Waals surface area contributed by atoms with Crippen LogP contribution in [0.4, 0.5) is 0 Å². The molecule has 1 atom stereocenters. The zero-order valence-corrected chi connectivity index (χ0v) is 12.5. The van der Waals surface area contributed by atoms with Gasteiger partial charge in [0.2, 0.25) is 5.88 Å². The lowest BCUT2D eigenvalue weighted by Gasteiger charge is -2.55. The Kier molecular flexibility index (Phi) is 3.59. The maximum atomic E-state index is 6.12. The quantitative estimate of drug-likeness (QED) is 0.856. The molecule has 1 unspecified atom stereocenters. The summed E-state index contributed by atoms with van der Waals surface area (Å²) in [6, 6.07) is 6.65. The summed E-state index contributed by atoms with van der Waals surface area (Å²) in [7, 11) is 0. The Balaban J connectivity index is 1.33. The van der Waals surface area contributed by atoms with Crippen LogP contribution in [0.2, 0.25) is 0 Å². The predicted molar refractivity (Wildman–Crippen MR) is 80.4 cm³/mol. The summed E-state index contributed by atoms with van der Waals surface area (Å²) in [6.07, 6.45) is 9.58. The lowest BCUT2D eigenvalue weighted by molar-refractivity contribution is -0.194. The van der Waals surface area contributed by atoms with Gasteiger partial charge in [-0.15, -0.1) is 0 Å². The standard InChI is InChI=1S/C17H24N2O2/c1-2-6-14(5-1)19-12-17(13-19)11-15(8-10-20-17)21-16-7-3-4-9-18-16/h3-4,7,9,14-15H,1-2,5-6,8,10-13H2. The third-order valence-corrected chi connectivity index (χ3v) is 5.20. The fourth-order valence-corrected chi connectivity index (χ4v) is 4.11. The second kappa shape index (κ2) is 5.58. The smallest absolute Gasteiger partial charge is 0.213 e. The Bertz CT molecular complexity index is 467. The number of pyridine rings is 1. The van der Waals surface area contributed by atoms with Crippen molar-refractivity contribution >= 4 is 0 Å². The first kappa shape index (κ1) is 13.5. The van der Waals surface area contributed by atoms with Crippen LogP contribution in [0.15, 0.2) is 24.4 Å². The lowest BCUT2D eigenvalue weighted by atomic mass is 9.83. The zero-order chi connectivity index (χ0) is 14.1. The highest BCUT2D eigenvalue weighted by Gasteiger charge is 2.50. The van der Waals surface area contributed by atoms with Crippen LogP contribution in [0.1, 0.15) is 38.5 Å². The summed E-state index contributed by atoms with van der Waals surface area (Å²) in [5.41, 5.74) is 0.0558. The van der Waals surface area contributed by atoms with Gasteiger partial charge >= 0.3 is 0 Å². The van der Waals surface area contributed by atoms with Crippen molar-refractivity contribution in [1.82, 2.24) is 9.88 Å². The van der Waals surface area contributed by atoms with E-state index in [1.165, 1.54) is 25.7 Å². The lowest BCUT2D eigenvalue weighted by Crippen LogP contribution is -2.68. The first-order valence-corrected chi connectivity index (χ1v) is 8.29. The molecule has 1 aromatic heterocycles. The van der Waals surface area contributed by atoms with Crippen molar-refractivity contribution in [3.05, 3.63) is 24.4 Å². The third-order valence-electron chi connectivity index (χ3n) is 5.20. The van der Waals surface area contributed by atoms with E-state index < -0.39 is 0 Å². The van der Waals surface area contributed by atoms with E-state index in [-0.39, 0.29) is 11.7 Å². The molecule has 3 heterocycles. The highest BCUT2D eigenvalue weighted by molar-refractivity contribution is 5.11. The summed E-state index contributed by atoms with van der Waals surface area (Å²) in [5.74, 6) is 0.742. The molecule has 1 aliphatic carbocycles. The fourth-order valence-electron chi connectivity index (χ4n) is 4.11. The van der Waals surface area contributed by atoms with Gasteiger partial charge in [0.05, 0.1) is 12.2 Å². The van der Waals surface area contributed by atoms with E-state index in [0.717, 1.165) is 44.5 Å². The summed E-state index contributed by atoms with van der Waals surface area (Å²) in [4.78, 5) is 6.89. The maximum Gasteiger partial charge on any atom is 0.213 e. The van der Waals surface area contributed by atoms with Gasteiger partial charge in [-0.25, -0.2) is 4.98 Å². The minimum Gasteiger partial charge on any atom is -0.474 e. The molecule has 1 saturated carbocycles. The Morgan fingerprint density at radius 2 is 2.05 bits per heavy atom. The Morgan fingerprint density at radius 1 is 1.19 bits per heavy atom. The first-order chi connectivity index (χ1) is 10.3. The Morgan fingerprint density at radius 3 is 2.81 bits per heavy atom. The van der Waals surface area contributed by atoms with Crippen LogP contribution < -0.4 is 4.74 Å². The monoisotopic (exact) mass is 288 g/mol. The minimum absolute atomic E-state index is 0.0558. The highest BCUT2D eigenvalue weighted by atomic mass is 16.5. The van der Waals surface area contributed by atoms with Crippen molar-refractivity contribution in [2.75, 3.05) is 19.7 Å². The molecule has 4 nitrogen and oxygen atoms in total. The van der Waals surface area contributed by atoms with E-state index in [4.69, 9.17) is 9.47 Å². The van der Waals surface area contributed by atoms with Gasteiger partial charge in [-0.1, -0.05) is 18.9 Å². The summed E-state index contributed by atoms with van der Waals surface area (Å²) in [6.45, 7) is 3.01. The van der Waals surface area contributed by atoms with E-state index in [9.17, 15) is 0 Å². The molecule has 2 saturated heterocycles. The number of aromatic nitrogens is 1. The predicted octanol–water partition coefficient (Wildman–Crippen LogP) is 2.64. The van der Waals surface area contributed by atoms with Crippen LogP contribution in [0.3, 0.4) is 0 Å². The summed E-state index contributed by atoms with van der Waals surface area (Å²) < 4.78 is 12.2. The molecule has 2 aliphatic heterocycles. The number of rotatable bonds is 3. The van der Waals surface area contributed by atoms with Crippen LogP contribution in [0, 0.1) is 0 Å². The molecule has 1 aromatic rings. The molecular formula is C17H24N2O2. The van der Waals surface area contributed by atoms with Crippen molar-refractivity contribution in [2.45, 2.75) is 56.3 Å². The van der Waals surface area contributed by atoms with Crippen molar-refractivity contribution in [2.24, 2.45) is 0 Å². The second-order valence-corrected chi connectivity index (χ2v) is 6.78. The number of hydrogen-bond donors (Lipinski definition) is 0. The molecule has 0 N–H and O–H groups in total. The molecule has 4 rings (SSSR count). The minimum atomic E-state index is 0.0558. The van der Waals surface area contributed by atoms with Crippen LogP contribution in [0.5, 0.6) is 5.88 Å². The molecule has 21 heavy (non-hydrogen) atoms. The highest BCUT2D eigenvalue weighted by Crippen LogP contribution is 2.39. The van der Waals surface area contributed by atoms with E-state index in [1.807, 2.05) is 18.2 Å². The van der Waals surface area contributed by atoms with Gasteiger partial charge in [-0.05, 0) is 18.9 Å². The van der Waals surface area contributed by atoms with Crippen molar-refractivity contribution < 1.29 is 9.47 Å². The van der Waals surface area contributed by atoms with Gasteiger partial charge < -0.3 is 9.47 Å². The molecule has 3 aliphatic rings. The largest absolute Gasteiger partial charge is 0.474 e. The van der Waals surface area contributed by atoms with Crippen molar-refractivity contribution in [1.29, 1.82) is 0 Å². The van der Waals surface area contributed by atoms with Crippen LogP contribution >= 0.6 is 0 Å². The fraction of sp³-hybridized carbons (Fsp3) is 0.706. The third kappa shape index (κ3) is 2.79. The van der Waals surface area contributed by atoms with Gasteiger partial charge in [0.25, 0.3) is 0 Å². The van der Waals surface area contributed by atoms with Gasteiger partial charge in [0.1, 0.15) is 6.10 Å². The topological polar surface area (TPSA) is 34.6 Å². The summed E-state index contributed by atoms with van der Waals surface area (Å²) >= 11 is 0. The average molecular weight is 288 g/mol. The number of ether oxygens (including phenoxy) is 2. The Hall–Kier alpha value is -1.13. The van der Waals surface area contributed by atoms with E-state index >= 15 is 0 Å². The van der Waals surface area contributed by atoms with Crippen molar-refractivity contribution in [3.63, 3.8) is 0 Å². The van der Waals surface area contributed by atoms with E-state index in [2.05, 4.69) is 9.88 Å². The zero-order valence-electron chi connectivity index (χ0n) is 12.5. The molecule has 1 spiro atoms. The normalized spacial score (nSPS) is 29.4. The molecule has 114 valence electrons. The molecule has 3 fully saturated rings. The second-order valence-electron chi connectivity index (χ2n) is 6.78. The van der Waals surface area contributed by atoms with Gasteiger partial charge in [0.15, 0.2) is 0 Å². The summed E-state index contributed by atoms with van der Waals surface area (Å²) in [5, 5.41) is 0.